The first kappa shape index (κ1) is 13.1. The van der Waals surface area contributed by atoms with Crippen molar-refractivity contribution in [3.63, 3.8) is 0 Å². The van der Waals surface area contributed by atoms with E-state index in [2.05, 4.69) is 13.0 Å². The smallest absolute Gasteiger partial charge is 0.238 e. The Bertz CT molecular complexity index is 892. The number of rotatable bonds is 1. The molecular weight excluding hydrogens is 286 g/mol. The third kappa shape index (κ3) is 1.55. The third-order valence-electron chi connectivity index (χ3n) is 5.89. The molecule has 1 saturated carbocycles. The van der Waals surface area contributed by atoms with Gasteiger partial charge in [0.05, 0.1) is 17.5 Å². The molecule has 2 aliphatic carbocycles. The molecule has 2 amide bonds. The number of fused-ring (bicyclic) bond motifs is 6. The maximum Gasteiger partial charge on any atom is 0.238 e. The SMILES string of the molecule is CC1=C[C@H]2C[C@@H]1[C@H]1C(=O)N(c3cccc4ccccc34)C(=O)[C@@H]12. The Morgan fingerprint density at radius 2 is 1.70 bits per heavy atom. The fraction of sp³-hybridized carbons (Fsp3) is 0.300. The Labute approximate surface area is 134 Å². The highest BCUT2D eigenvalue weighted by Crippen LogP contribution is 2.56. The predicted molar refractivity (Wildman–Crippen MR) is 88.8 cm³/mol. The van der Waals surface area contributed by atoms with Crippen molar-refractivity contribution < 1.29 is 9.59 Å². The van der Waals surface area contributed by atoms with Crippen molar-refractivity contribution in [1.82, 2.24) is 0 Å². The zero-order chi connectivity index (χ0) is 15.7. The van der Waals surface area contributed by atoms with Crippen molar-refractivity contribution in [3.05, 3.63) is 54.1 Å². The van der Waals surface area contributed by atoms with Crippen LogP contribution >= 0.6 is 0 Å². The third-order valence-corrected chi connectivity index (χ3v) is 5.89. The highest BCUT2D eigenvalue weighted by atomic mass is 16.2. The Morgan fingerprint density at radius 1 is 0.957 bits per heavy atom. The number of carbonyl (C=O) groups excluding carboxylic acids is 2. The average Bonchev–Trinajstić information content (AvgIpc) is 3.18. The van der Waals surface area contributed by atoms with Crippen LogP contribution in [0.25, 0.3) is 10.8 Å². The minimum absolute atomic E-state index is 0.00342. The van der Waals surface area contributed by atoms with E-state index in [0.29, 0.717) is 0 Å². The Hall–Kier alpha value is -2.42. The molecule has 3 nitrogen and oxygen atoms in total. The van der Waals surface area contributed by atoms with Gasteiger partial charge in [0.15, 0.2) is 0 Å². The number of imide groups is 1. The van der Waals surface area contributed by atoms with Crippen molar-refractivity contribution in [3.8, 4) is 0 Å². The Balaban J connectivity index is 1.65. The molecule has 3 aliphatic rings. The molecule has 3 heteroatoms. The highest BCUT2D eigenvalue weighted by Gasteiger charge is 2.61. The molecule has 0 aromatic heterocycles. The molecule has 2 fully saturated rings. The van der Waals surface area contributed by atoms with Gasteiger partial charge in [-0.05, 0) is 36.6 Å². The maximum atomic E-state index is 13.1. The molecule has 0 unspecified atom stereocenters. The van der Waals surface area contributed by atoms with E-state index in [4.69, 9.17) is 0 Å². The largest absolute Gasteiger partial charge is 0.274 e. The first-order valence-electron chi connectivity index (χ1n) is 8.20. The van der Waals surface area contributed by atoms with Crippen LogP contribution in [0.1, 0.15) is 13.3 Å². The standard InChI is InChI=1S/C20H17NO2/c1-11-9-13-10-15(11)18-17(13)19(22)21(20(18)23)16-8-4-6-12-5-2-3-7-14(12)16/h2-9,13,15,17-18H,10H2,1H3/t13-,15-,17+,18+/m0/s1. The van der Waals surface area contributed by atoms with Crippen molar-refractivity contribution in [2.75, 3.05) is 4.90 Å². The van der Waals surface area contributed by atoms with Gasteiger partial charge in [-0.3, -0.25) is 9.59 Å². The van der Waals surface area contributed by atoms with Crippen molar-refractivity contribution in [2.45, 2.75) is 13.3 Å². The van der Waals surface area contributed by atoms with Gasteiger partial charge in [0.2, 0.25) is 11.8 Å². The zero-order valence-corrected chi connectivity index (χ0v) is 12.9. The lowest BCUT2D eigenvalue weighted by Crippen LogP contribution is -2.33. The number of nitrogens with zero attached hydrogens (tertiary/aromatic N) is 1. The summed E-state index contributed by atoms with van der Waals surface area (Å²) in [5, 5.41) is 2.02. The second kappa shape index (κ2) is 4.31. The van der Waals surface area contributed by atoms with Crippen LogP contribution in [0, 0.1) is 23.7 Å². The van der Waals surface area contributed by atoms with Crippen LogP contribution in [-0.4, -0.2) is 11.8 Å². The summed E-state index contributed by atoms with van der Waals surface area (Å²) < 4.78 is 0. The number of anilines is 1. The van der Waals surface area contributed by atoms with E-state index in [1.807, 2.05) is 42.5 Å². The van der Waals surface area contributed by atoms with Crippen LogP contribution in [0.15, 0.2) is 54.1 Å². The van der Waals surface area contributed by atoms with E-state index in [0.717, 1.165) is 22.9 Å². The summed E-state index contributed by atoms with van der Waals surface area (Å²) in [5.74, 6) is 0.221. The molecule has 2 bridgehead atoms. The summed E-state index contributed by atoms with van der Waals surface area (Å²) in [5.41, 5.74) is 2.03. The summed E-state index contributed by atoms with van der Waals surface area (Å²) in [4.78, 5) is 27.5. The molecule has 1 saturated heterocycles. The van der Waals surface area contributed by atoms with E-state index in [-0.39, 0.29) is 35.5 Å². The van der Waals surface area contributed by atoms with Crippen molar-refractivity contribution >= 4 is 28.3 Å². The number of hydrogen-bond donors (Lipinski definition) is 0. The van der Waals surface area contributed by atoms with Crippen LogP contribution < -0.4 is 4.90 Å². The normalized spacial score (nSPS) is 31.9. The van der Waals surface area contributed by atoms with Crippen LogP contribution in [0.4, 0.5) is 5.69 Å². The van der Waals surface area contributed by atoms with Gasteiger partial charge in [0.25, 0.3) is 0 Å². The van der Waals surface area contributed by atoms with E-state index in [1.54, 1.807) is 0 Å². The van der Waals surface area contributed by atoms with Gasteiger partial charge in [0.1, 0.15) is 0 Å². The summed E-state index contributed by atoms with van der Waals surface area (Å²) >= 11 is 0. The van der Waals surface area contributed by atoms with E-state index in [9.17, 15) is 9.59 Å². The lowest BCUT2D eigenvalue weighted by Gasteiger charge is -2.20. The van der Waals surface area contributed by atoms with Crippen molar-refractivity contribution in [1.29, 1.82) is 0 Å². The molecule has 0 radical (unpaired) electrons. The lowest BCUT2D eigenvalue weighted by molar-refractivity contribution is -0.123. The van der Waals surface area contributed by atoms with Crippen LogP contribution in [0.3, 0.4) is 0 Å². The topological polar surface area (TPSA) is 37.4 Å². The minimum Gasteiger partial charge on any atom is -0.274 e. The fourth-order valence-corrected chi connectivity index (χ4v) is 4.92. The monoisotopic (exact) mass is 303 g/mol. The summed E-state index contributed by atoms with van der Waals surface area (Å²) in [7, 11) is 0. The molecule has 4 atom stereocenters. The maximum absolute atomic E-state index is 13.1. The number of benzene rings is 2. The second-order valence-corrected chi connectivity index (χ2v) is 6.98. The van der Waals surface area contributed by atoms with Crippen LogP contribution in [0.5, 0.6) is 0 Å². The lowest BCUT2D eigenvalue weighted by atomic mass is 9.82. The van der Waals surface area contributed by atoms with Gasteiger partial charge in [-0.25, -0.2) is 4.90 Å². The van der Waals surface area contributed by atoms with Crippen molar-refractivity contribution in [2.24, 2.45) is 23.7 Å². The van der Waals surface area contributed by atoms with Gasteiger partial charge >= 0.3 is 0 Å². The first-order chi connectivity index (χ1) is 11.2. The van der Waals surface area contributed by atoms with E-state index >= 15 is 0 Å². The van der Waals surface area contributed by atoms with Gasteiger partial charge in [-0.2, -0.15) is 0 Å². The summed E-state index contributed by atoms with van der Waals surface area (Å²) in [6.45, 7) is 2.10. The molecule has 0 N–H and O–H groups in total. The molecular formula is C20H17NO2. The Kier molecular flexibility index (Phi) is 2.45. The van der Waals surface area contributed by atoms with Crippen LogP contribution in [-0.2, 0) is 9.59 Å². The summed E-state index contributed by atoms with van der Waals surface area (Å²) in [6, 6.07) is 13.7. The second-order valence-electron chi connectivity index (χ2n) is 6.98. The molecule has 2 aromatic rings. The molecule has 1 aliphatic heterocycles. The molecule has 114 valence electrons. The molecule has 5 rings (SSSR count). The number of hydrogen-bond acceptors (Lipinski definition) is 2. The molecule has 2 aromatic carbocycles. The number of amides is 2. The number of carbonyl (C=O) groups is 2. The predicted octanol–water partition coefficient (Wildman–Crippen LogP) is 3.54. The minimum atomic E-state index is -0.143. The molecule has 0 spiro atoms. The fourth-order valence-electron chi connectivity index (χ4n) is 4.92. The van der Waals surface area contributed by atoms with E-state index < -0.39 is 0 Å². The van der Waals surface area contributed by atoms with Gasteiger partial charge in [-0.15, -0.1) is 0 Å². The molecule has 23 heavy (non-hydrogen) atoms. The molecule has 1 heterocycles. The van der Waals surface area contributed by atoms with E-state index in [1.165, 1.54) is 10.5 Å². The summed E-state index contributed by atoms with van der Waals surface area (Å²) in [6.07, 6.45) is 3.19. The highest BCUT2D eigenvalue weighted by molar-refractivity contribution is 6.25. The quantitative estimate of drug-likeness (QED) is 0.597. The average molecular weight is 303 g/mol. The first-order valence-corrected chi connectivity index (χ1v) is 8.20. The van der Waals surface area contributed by atoms with Gasteiger partial charge < -0.3 is 0 Å². The zero-order valence-electron chi connectivity index (χ0n) is 12.9. The van der Waals surface area contributed by atoms with Crippen LogP contribution in [0.2, 0.25) is 0 Å². The number of allylic oxidation sites excluding steroid dienone is 2. The Morgan fingerprint density at radius 3 is 2.57 bits per heavy atom. The van der Waals surface area contributed by atoms with Gasteiger partial charge in [0, 0.05) is 5.39 Å². The van der Waals surface area contributed by atoms with Gasteiger partial charge in [-0.1, -0.05) is 48.0 Å².